The van der Waals surface area contributed by atoms with Gasteiger partial charge in [-0.1, -0.05) is 17.7 Å². The van der Waals surface area contributed by atoms with Crippen molar-refractivity contribution in [2.45, 2.75) is 41.5 Å². The number of H-pyrrole nitrogens is 1. The largest absolute Gasteiger partial charge is 0.357 e. The number of amides is 1. The molecule has 0 saturated heterocycles. The van der Waals surface area contributed by atoms with Gasteiger partial charge in [0.25, 0.3) is 5.91 Å². The number of hydrogen-bond donors (Lipinski definition) is 2. The molecule has 3 aromatic rings. The Balaban J connectivity index is 2.05. The summed E-state index contributed by atoms with van der Waals surface area (Å²) >= 11 is 1.68. The molecule has 120 valence electrons. The Labute approximate surface area is 140 Å². The molecule has 0 saturated carbocycles. The highest BCUT2D eigenvalue weighted by Crippen LogP contribution is 2.35. The molecule has 0 aliphatic carbocycles. The van der Waals surface area contributed by atoms with Crippen LogP contribution in [0.25, 0.3) is 10.2 Å². The van der Waals surface area contributed by atoms with Crippen LogP contribution in [0.4, 0.5) is 5.69 Å². The number of aromatic nitrogens is 1. The van der Waals surface area contributed by atoms with Gasteiger partial charge >= 0.3 is 0 Å². The summed E-state index contributed by atoms with van der Waals surface area (Å²) in [6.45, 7) is 12.3. The van der Waals surface area contributed by atoms with E-state index in [0.717, 1.165) is 38.5 Å². The van der Waals surface area contributed by atoms with Crippen molar-refractivity contribution >= 4 is 33.1 Å². The number of thiophene rings is 1. The lowest BCUT2D eigenvalue weighted by Gasteiger charge is -2.13. The maximum Gasteiger partial charge on any atom is 0.258 e. The zero-order valence-electron chi connectivity index (χ0n) is 14.5. The monoisotopic (exact) mass is 326 g/mol. The number of fused-ring (bicyclic) bond motifs is 1. The Hall–Kier alpha value is -2.07. The van der Waals surface area contributed by atoms with E-state index in [0.29, 0.717) is 0 Å². The van der Waals surface area contributed by atoms with Crippen molar-refractivity contribution in [2.24, 2.45) is 0 Å². The van der Waals surface area contributed by atoms with Crippen LogP contribution < -0.4 is 5.32 Å². The van der Waals surface area contributed by atoms with E-state index in [1.807, 2.05) is 27.7 Å². The molecular weight excluding hydrogens is 304 g/mol. The molecule has 0 unspecified atom stereocenters. The molecule has 0 fully saturated rings. The third-order valence-electron chi connectivity index (χ3n) is 4.44. The van der Waals surface area contributed by atoms with Gasteiger partial charge in [0.15, 0.2) is 0 Å². The summed E-state index contributed by atoms with van der Waals surface area (Å²) < 4.78 is 1.18. The summed E-state index contributed by atoms with van der Waals surface area (Å²) in [5.74, 6) is -0.0370. The Bertz CT molecular complexity index is 908. The molecule has 0 radical (unpaired) electrons. The molecule has 0 bridgehead atoms. The number of anilines is 1. The first-order valence-electron chi connectivity index (χ1n) is 7.77. The SMILES string of the molecule is Cc1cc(C)c(NC(=O)c2c(C)sc3c(C)c(C)[nH]c23)c(C)c1. The topological polar surface area (TPSA) is 44.9 Å². The molecule has 1 aromatic carbocycles. The van der Waals surface area contributed by atoms with E-state index in [2.05, 4.69) is 36.3 Å². The number of rotatable bonds is 2. The van der Waals surface area contributed by atoms with Crippen molar-refractivity contribution in [1.82, 2.24) is 4.98 Å². The summed E-state index contributed by atoms with van der Waals surface area (Å²) in [5, 5.41) is 3.12. The van der Waals surface area contributed by atoms with Gasteiger partial charge in [-0.15, -0.1) is 11.3 Å². The van der Waals surface area contributed by atoms with Crippen LogP contribution in [0.5, 0.6) is 0 Å². The Kier molecular flexibility index (Phi) is 3.80. The first-order chi connectivity index (χ1) is 10.8. The van der Waals surface area contributed by atoms with Crippen LogP contribution >= 0.6 is 11.3 Å². The molecule has 0 aliphatic heterocycles. The molecule has 23 heavy (non-hydrogen) atoms. The molecule has 3 rings (SSSR count). The Morgan fingerprint density at radius 2 is 1.65 bits per heavy atom. The first-order valence-corrected chi connectivity index (χ1v) is 8.58. The van der Waals surface area contributed by atoms with Gasteiger partial charge in [-0.3, -0.25) is 4.79 Å². The quantitative estimate of drug-likeness (QED) is 0.656. The summed E-state index contributed by atoms with van der Waals surface area (Å²) in [5.41, 5.74) is 8.40. The minimum atomic E-state index is -0.0370. The van der Waals surface area contributed by atoms with Gasteiger partial charge in [0.1, 0.15) is 0 Å². The average molecular weight is 326 g/mol. The van der Waals surface area contributed by atoms with Gasteiger partial charge in [0.05, 0.1) is 15.8 Å². The van der Waals surface area contributed by atoms with E-state index in [-0.39, 0.29) is 5.91 Å². The number of aromatic amines is 1. The molecule has 1 amide bonds. The lowest BCUT2D eigenvalue weighted by atomic mass is 10.0. The highest BCUT2D eigenvalue weighted by molar-refractivity contribution is 7.19. The van der Waals surface area contributed by atoms with Gasteiger partial charge in [-0.05, 0) is 58.2 Å². The molecule has 3 nitrogen and oxygen atoms in total. The Morgan fingerprint density at radius 3 is 2.26 bits per heavy atom. The molecule has 0 aliphatic rings. The van der Waals surface area contributed by atoms with E-state index >= 15 is 0 Å². The number of nitrogens with one attached hydrogen (secondary N) is 2. The van der Waals surface area contributed by atoms with Crippen molar-refractivity contribution in [1.29, 1.82) is 0 Å². The fourth-order valence-corrected chi connectivity index (χ4v) is 4.37. The second-order valence-corrected chi connectivity index (χ2v) is 7.56. The van der Waals surface area contributed by atoms with Gasteiger partial charge in [0.2, 0.25) is 0 Å². The standard InChI is InChI=1S/C19H22N2OS/c1-9-7-10(2)16(11(3)8-9)21-19(22)15-14(6)23-18-12(4)13(5)20-17(15)18/h7-8,20H,1-6H3,(H,21,22). The highest BCUT2D eigenvalue weighted by Gasteiger charge is 2.21. The van der Waals surface area contributed by atoms with Crippen molar-refractivity contribution in [3.05, 3.63) is 50.5 Å². The zero-order valence-corrected chi connectivity index (χ0v) is 15.3. The van der Waals surface area contributed by atoms with Crippen molar-refractivity contribution in [3.8, 4) is 0 Å². The van der Waals surface area contributed by atoms with Gasteiger partial charge in [-0.25, -0.2) is 0 Å². The normalized spacial score (nSPS) is 11.2. The van der Waals surface area contributed by atoms with Crippen molar-refractivity contribution in [2.75, 3.05) is 5.32 Å². The third kappa shape index (κ3) is 2.57. The maximum atomic E-state index is 12.9. The third-order valence-corrected chi connectivity index (χ3v) is 5.67. The van der Waals surface area contributed by atoms with Gasteiger partial charge < -0.3 is 10.3 Å². The van der Waals surface area contributed by atoms with E-state index in [4.69, 9.17) is 0 Å². The fourth-order valence-electron chi connectivity index (χ4n) is 3.21. The van der Waals surface area contributed by atoms with Crippen LogP contribution in [0.15, 0.2) is 12.1 Å². The molecular formula is C19H22N2OS. The summed E-state index contributed by atoms with van der Waals surface area (Å²) in [7, 11) is 0. The maximum absolute atomic E-state index is 12.9. The second kappa shape index (κ2) is 5.53. The fraction of sp³-hybridized carbons (Fsp3) is 0.316. The zero-order chi connectivity index (χ0) is 16.9. The second-order valence-electron chi connectivity index (χ2n) is 6.34. The number of carbonyl (C=O) groups is 1. The van der Waals surface area contributed by atoms with E-state index in [1.165, 1.54) is 15.8 Å². The minimum Gasteiger partial charge on any atom is -0.357 e. The molecule has 4 heteroatoms. The predicted molar refractivity (Wildman–Crippen MR) is 99.0 cm³/mol. The summed E-state index contributed by atoms with van der Waals surface area (Å²) in [4.78, 5) is 17.3. The van der Waals surface area contributed by atoms with Crippen LogP contribution in [-0.4, -0.2) is 10.9 Å². The van der Waals surface area contributed by atoms with Gasteiger partial charge in [0, 0.05) is 16.3 Å². The molecule has 0 spiro atoms. The molecule has 2 aromatic heterocycles. The van der Waals surface area contributed by atoms with Crippen LogP contribution in [0.3, 0.4) is 0 Å². The van der Waals surface area contributed by atoms with E-state index in [9.17, 15) is 4.79 Å². The highest BCUT2D eigenvalue weighted by atomic mass is 32.1. The molecule has 2 N–H and O–H groups in total. The van der Waals surface area contributed by atoms with Crippen LogP contribution in [0.1, 0.15) is 43.2 Å². The van der Waals surface area contributed by atoms with Gasteiger partial charge in [-0.2, -0.15) is 0 Å². The minimum absolute atomic E-state index is 0.0370. The summed E-state index contributed by atoms with van der Waals surface area (Å²) in [6.07, 6.45) is 0. The first kappa shape index (κ1) is 15.8. The molecule has 2 heterocycles. The lowest BCUT2D eigenvalue weighted by molar-refractivity contribution is 0.102. The summed E-state index contributed by atoms with van der Waals surface area (Å²) in [6, 6.07) is 4.20. The van der Waals surface area contributed by atoms with Crippen LogP contribution in [-0.2, 0) is 0 Å². The van der Waals surface area contributed by atoms with Crippen molar-refractivity contribution < 1.29 is 4.79 Å². The lowest BCUT2D eigenvalue weighted by Crippen LogP contribution is -2.14. The Morgan fingerprint density at radius 1 is 1.04 bits per heavy atom. The number of aryl methyl sites for hydroxylation is 6. The van der Waals surface area contributed by atoms with E-state index < -0.39 is 0 Å². The smallest absolute Gasteiger partial charge is 0.258 e. The average Bonchev–Trinajstić information content (AvgIpc) is 2.90. The van der Waals surface area contributed by atoms with Crippen molar-refractivity contribution in [3.63, 3.8) is 0 Å². The number of carbonyl (C=O) groups excluding carboxylic acids is 1. The van der Waals surface area contributed by atoms with Crippen LogP contribution in [0, 0.1) is 41.5 Å². The molecule has 0 atom stereocenters. The van der Waals surface area contributed by atoms with Crippen LogP contribution in [0.2, 0.25) is 0 Å². The predicted octanol–water partition coefficient (Wildman–Crippen LogP) is 5.33. The number of benzene rings is 1. The van der Waals surface area contributed by atoms with E-state index in [1.54, 1.807) is 11.3 Å². The number of hydrogen-bond acceptors (Lipinski definition) is 2.